The zero-order valence-corrected chi connectivity index (χ0v) is 13.7. The van der Waals surface area contributed by atoms with Crippen molar-refractivity contribution in [3.63, 3.8) is 0 Å². The van der Waals surface area contributed by atoms with Crippen LogP contribution in [0.15, 0.2) is 9.98 Å². The third kappa shape index (κ3) is 13.2. The molecule has 0 aliphatic rings. The number of rotatable bonds is 6. The van der Waals surface area contributed by atoms with Crippen molar-refractivity contribution in [2.45, 2.75) is 67.0 Å². The standard InChI is InChI=1S/C15H32N4/c1-12(2)18-14(19-13(3)4)17-10-8-9-16-11-15(5,6)7/h11-13H,8-10H2,1-7H3,(H2,17,18,19). The number of nitrogens with one attached hydrogen (secondary N) is 2. The minimum absolute atomic E-state index is 0.177. The van der Waals surface area contributed by atoms with E-state index in [2.05, 4.69) is 69.1 Å². The Hall–Kier alpha value is -1.06. The molecule has 0 amide bonds. The second-order valence-electron chi connectivity index (χ2n) is 6.55. The van der Waals surface area contributed by atoms with Gasteiger partial charge in [0.1, 0.15) is 0 Å². The normalized spacial score (nSPS) is 13.6. The zero-order valence-electron chi connectivity index (χ0n) is 13.7. The van der Waals surface area contributed by atoms with Gasteiger partial charge >= 0.3 is 0 Å². The van der Waals surface area contributed by atoms with Gasteiger partial charge in [-0.3, -0.25) is 9.98 Å². The van der Waals surface area contributed by atoms with Gasteiger partial charge in [-0.2, -0.15) is 0 Å². The van der Waals surface area contributed by atoms with Crippen LogP contribution in [0, 0.1) is 5.41 Å². The molecule has 0 aromatic heterocycles. The number of nitrogens with zero attached hydrogens (tertiary/aromatic N) is 2. The molecule has 0 aromatic rings. The monoisotopic (exact) mass is 268 g/mol. The van der Waals surface area contributed by atoms with Gasteiger partial charge in [0.05, 0.1) is 0 Å². The highest BCUT2D eigenvalue weighted by molar-refractivity contribution is 5.80. The van der Waals surface area contributed by atoms with Gasteiger partial charge in [-0.25, -0.2) is 0 Å². The van der Waals surface area contributed by atoms with Crippen LogP contribution in [0.1, 0.15) is 54.9 Å². The third-order valence-corrected chi connectivity index (χ3v) is 2.05. The minimum Gasteiger partial charge on any atom is -0.356 e. The van der Waals surface area contributed by atoms with Crippen molar-refractivity contribution >= 4 is 12.2 Å². The van der Waals surface area contributed by atoms with Crippen LogP contribution in [-0.2, 0) is 0 Å². The van der Waals surface area contributed by atoms with Gasteiger partial charge in [-0.1, -0.05) is 20.8 Å². The predicted octanol–water partition coefficient (Wildman–Crippen LogP) is 2.85. The molecule has 2 N–H and O–H groups in total. The van der Waals surface area contributed by atoms with Crippen molar-refractivity contribution in [3.8, 4) is 0 Å². The lowest BCUT2D eigenvalue weighted by atomic mass is 9.99. The van der Waals surface area contributed by atoms with E-state index in [9.17, 15) is 0 Å². The van der Waals surface area contributed by atoms with E-state index in [-0.39, 0.29) is 5.41 Å². The average molecular weight is 268 g/mol. The van der Waals surface area contributed by atoms with Crippen molar-refractivity contribution in [3.05, 3.63) is 0 Å². The molecule has 0 rings (SSSR count). The molecule has 0 radical (unpaired) electrons. The highest BCUT2D eigenvalue weighted by Crippen LogP contribution is 2.08. The molecule has 4 heteroatoms. The van der Waals surface area contributed by atoms with Crippen LogP contribution in [0.3, 0.4) is 0 Å². The molecule has 112 valence electrons. The highest BCUT2D eigenvalue weighted by Gasteiger charge is 2.04. The summed E-state index contributed by atoms with van der Waals surface area (Å²) in [6.45, 7) is 16.6. The smallest absolute Gasteiger partial charge is 0.191 e. The zero-order chi connectivity index (χ0) is 14.9. The summed E-state index contributed by atoms with van der Waals surface area (Å²) in [5.41, 5.74) is 0.177. The molecule has 0 aliphatic heterocycles. The van der Waals surface area contributed by atoms with Crippen molar-refractivity contribution in [2.75, 3.05) is 13.1 Å². The Bertz CT molecular complexity index is 285. The quantitative estimate of drug-likeness (QED) is 0.442. The van der Waals surface area contributed by atoms with Crippen molar-refractivity contribution in [2.24, 2.45) is 15.4 Å². The van der Waals surface area contributed by atoms with Gasteiger partial charge in [0, 0.05) is 31.4 Å². The lowest BCUT2D eigenvalue weighted by Crippen LogP contribution is -2.42. The number of hydrogen-bond acceptors (Lipinski definition) is 2. The summed E-state index contributed by atoms with van der Waals surface area (Å²) in [5, 5.41) is 6.67. The summed E-state index contributed by atoms with van der Waals surface area (Å²) in [6.07, 6.45) is 3.05. The Kier molecular flexibility index (Phi) is 8.44. The van der Waals surface area contributed by atoms with E-state index in [1.807, 2.05) is 6.21 Å². The first-order chi connectivity index (χ1) is 8.70. The minimum atomic E-state index is 0.177. The highest BCUT2D eigenvalue weighted by atomic mass is 15.2. The van der Waals surface area contributed by atoms with E-state index >= 15 is 0 Å². The molecule has 0 bridgehead atoms. The maximum Gasteiger partial charge on any atom is 0.191 e. The molecule has 4 nitrogen and oxygen atoms in total. The van der Waals surface area contributed by atoms with Gasteiger partial charge in [0.25, 0.3) is 0 Å². The van der Waals surface area contributed by atoms with Crippen LogP contribution in [-0.4, -0.2) is 37.3 Å². The van der Waals surface area contributed by atoms with Crippen LogP contribution < -0.4 is 10.6 Å². The molecule has 0 fully saturated rings. The van der Waals surface area contributed by atoms with E-state index in [0.717, 1.165) is 25.5 Å². The summed E-state index contributed by atoms with van der Waals surface area (Å²) in [6, 6.07) is 0.691. The lowest BCUT2D eigenvalue weighted by Gasteiger charge is -2.16. The number of aliphatic imine (C=N–C) groups is 2. The van der Waals surface area contributed by atoms with E-state index in [1.54, 1.807) is 0 Å². The molecule has 0 atom stereocenters. The Morgan fingerprint density at radius 1 is 1.16 bits per heavy atom. The first kappa shape index (κ1) is 17.9. The second kappa shape index (κ2) is 8.94. The molecular formula is C15H32N4. The fourth-order valence-corrected chi connectivity index (χ4v) is 1.38. The van der Waals surface area contributed by atoms with Gasteiger partial charge in [-0.15, -0.1) is 0 Å². The van der Waals surface area contributed by atoms with Crippen molar-refractivity contribution in [1.29, 1.82) is 0 Å². The van der Waals surface area contributed by atoms with E-state index < -0.39 is 0 Å². The van der Waals surface area contributed by atoms with Gasteiger partial charge in [-0.05, 0) is 39.5 Å². The van der Waals surface area contributed by atoms with Gasteiger partial charge in [0.2, 0.25) is 0 Å². The molecule has 0 heterocycles. The topological polar surface area (TPSA) is 48.8 Å². The number of hydrogen-bond donors (Lipinski definition) is 2. The third-order valence-electron chi connectivity index (χ3n) is 2.05. The molecule has 0 aliphatic carbocycles. The summed E-state index contributed by atoms with van der Waals surface area (Å²) in [4.78, 5) is 8.97. The molecule has 19 heavy (non-hydrogen) atoms. The van der Waals surface area contributed by atoms with Crippen LogP contribution in [0.5, 0.6) is 0 Å². The number of guanidine groups is 1. The average Bonchev–Trinajstić information content (AvgIpc) is 2.19. The SMILES string of the molecule is CC(C)N=C(NCCCN=CC(C)(C)C)NC(C)C. The summed E-state index contributed by atoms with van der Waals surface area (Å²) >= 11 is 0. The molecule has 0 saturated heterocycles. The second-order valence-corrected chi connectivity index (χ2v) is 6.55. The van der Waals surface area contributed by atoms with Crippen LogP contribution in [0.25, 0.3) is 0 Å². The summed E-state index contributed by atoms with van der Waals surface area (Å²) in [5.74, 6) is 0.893. The Balaban J connectivity index is 3.97. The summed E-state index contributed by atoms with van der Waals surface area (Å²) < 4.78 is 0. The predicted molar refractivity (Wildman–Crippen MR) is 86.3 cm³/mol. The summed E-state index contributed by atoms with van der Waals surface area (Å²) in [7, 11) is 0. The largest absolute Gasteiger partial charge is 0.356 e. The van der Waals surface area contributed by atoms with Crippen molar-refractivity contribution < 1.29 is 0 Å². The van der Waals surface area contributed by atoms with Crippen molar-refractivity contribution in [1.82, 2.24) is 10.6 Å². The fraction of sp³-hybridized carbons (Fsp3) is 0.867. The molecule has 0 unspecified atom stereocenters. The maximum absolute atomic E-state index is 4.53. The van der Waals surface area contributed by atoms with Gasteiger partial charge in [0.15, 0.2) is 5.96 Å². The molecular weight excluding hydrogens is 236 g/mol. The molecule has 0 saturated carbocycles. The Morgan fingerprint density at radius 2 is 1.79 bits per heavy atom. The lowest BCUT2D eigenvalue weighted by molar-refractivity contribution is 0.602. The van der Waals surface area contributed by atoms with E-state index in [1.165, 1.54) is 0 Å². The molecule has 0 spiro atoms. The maximum atomic E-state index is 4.53. The van der Waals surface area contributed by atoms with Crippen LogP contribution in [0.2, 0.25) is 0 Å². The first-order valence-corrected chi connectivity index (χ1v) is 7.30. The molecule has 0 aromatic carbocycles. The fourth-order valence-electron chi connectivity index (χ4n) is 1.38. The van der Waals surface area contributed by atoms with E-state index in [0.29, 0.717) is 12.1 Å². The Morgan fingerprint density at radius 3 is 2.26 bits per heavy atom. The van der Waals surface area contributed by atoms with Gasteiger partial charge < -0.3 is 10.6 Å². The van der Waals surface area contributed by atoms with E-state index in [4.69, 9.17) is 0 Å². The first-order valence-electron chi connectivity index (χ1n) is 7.30. The Labute approximate surface area is 119 Å². The van der Waals surface area contributed by atoms with Crippen LogP contribution >= 0.6 is 0 Å². The van der Waals surface area contributed by atoms with Crippen LogP contribution in [0.4, 0.5) is 0 Å².